The predicted octanol–water partition coefficient (Wildman–Crippen LogP) is 1.02. The molecule has 1 atom stereocenters. The maximum atomic E-state index is 12.3. The van der Waals surface area contributed by atoms with Gasteiger partial charge >= 0.3 is 0 Å². The van der Waals surface area contributed by atoms with Gasteiger partial charge in [-0.25, -0.2) is 0 Å². The van der Waals surface area contributed by atoms with E-state index < -0.39 is 0 Å². The number of likely N-dealkylation sites (tertiary alicyclic amines) is 1. The van der Waals surface area contributed by atoms with Crippen molar-refractivity contribution in [2.24, 2.45) is 0 Å². The van der Waals surface area contributed by atoms with E-state index in [2.05, 4.69) is 12.2 Å². The van der Waals surface area contributed by atoms with Crippen LogP contribution in [0, 0.1) is 0 Å². The van der Waals surface area contributed by atoms with Gasteiger partial charge < -0.3 is 15.1 Å². The molecule has 5 nitrogen and oxygen atoms in total. The van der Waals surface area contributed by atoms with Crippen LogP contribution in [0.25, 0.3) is 0 Å². The SMILES string of the molecule is CC1CNCCN1C(=O)CN1CCCCCCC1=O.Cl. The van der Waals surface area contributed by atoms with Crippen molar-refractivity contribution in [2.45, 2.75) is 45.1 Å². The Labute approximate surface area is 127 Å². The Hall–Kier alpha value is -0.810. The molecule has 0 aromatic carbocycles. The van der Waals surface area contributed by atoms with Gasteiger partial charge in [0, 0.05) is 38.6 Å². The van der Waals surface area contributed by atoms with Crippen LogP contribution in [-0.4, -0.2) is 60.4 Å². The number of carbonyl (C=O) groups excluding carboxylic acids is 2. The lowest BCUT2D eigenvalue weighted by Gasteiger charge is -2.35. The molecule has 2 fully saturated rings. The Kier molecular flexibility index (Phi) is 7.30. The molecule has 1 unspecified atom stereocenters. The third kappa shape index (κ3) is 4.63. The highest BCUT2D eigenvalue weighted by atomic mass is 35.5. The van der Waals surface area contributed by atoms with Crippen molar-refractivity contribution < 1.29 is 9.59 Å². The maximum Gasteiger partial charge on any atom is 0.242 e. The maximum absolute atomic E-state index is 12.3. The molecule has 0 bridgehead atoms. The zero-order valence-corrected chi connectivity index (χ0v) is 13.1. The van der Waals surface area contributed by atoms with Crippen molar-refractivity contribution in [1.29, 1.82) is 0 Å². The molecule has 2 aliphatic rings. The van der Waals surface area contributed by atoms with Crippen LogP contribution >= 0.6 is 12.4 Å². The number of nitrogens with zero attached hydrogens (tertiary/aromatic N) is 2. The van der Waals surface area contributed by atoms with E-state index in [1.165, 1.54) is 6.42 Å². The summed E-state index contributed by atoms with van der Waals surface area (Å²) in [6, 6.07) is 0.228. The van der Waals surface area contributed by atoms with E-state index in [1.54, 1.807) is 4.90 Å². The summed E-state index contributed by atoms with van der Waals surface area (Å²) in [4.78, 5) is 28.0. The Morgan fingerprint density at radius 2 is 2.00 bits per heavy atom. The fourth-order valence-corrected chi connectivity index (χ4v) is 2.85. The van der Waals surface area contributed by atoms with Crippen molar-refractivity contribution in [1.82, 2.24) is 15.1 Å². The van der Waals surface area contributed by atoms with Crippen LogP contribution in [0.1, 0.15) is 39.0 Å². The predicted molar refractivity (Wildman–Crippen MR) is 81.0 cm³/mol. The third-order valence-electron chi connectivity index (χ3n) is 4.07. The van der Waals surface area contributed by atoms with Gasteiger partial charge in [0.15, 0.2) is 0 Å². The van der Waals surface area contributed by atoms with Gasteiger partial charge in [-0.2, -0.15) is 0 Å². The minimum absolute atomic E-state index is 0. The zero-order chi connectivity index (χ0) is 13.7. The number of halogens is 1. The van der Waals surface area contributed by atoms with Gasteiger partial charge in [0.2, 0.25) is 11.8 Å². The van der Waals surface area contributed by atoms with Crippen molar-refractivity contribution in [3.8, 4) is 0 Å². The highest BCUT2D eigenvalue weighted by Crippen LogP contribution is 2.12. The molecule has 0 saturated carbocycles. The molecule has 0 radical (unpaired) electrons. The number of piperazine rings is 1. The molecule has 2 amide bonds. The molecule has 6 heteroatoms. The van der Waals surface area contributed by atoms with E-state index in [0.29, 0.717) is 6.42 Å². The van der Waals surface area contributed by atoms with Gasteiger partial charge in [-0.1, -0.05) is 12.8 Å². The standard InChI is InChI=1S/C14H25N3O2.ClH/c1-12-10-15-7-9-17(12)14(19)11-16-8-5-3-2-4-6-13(16)18;/h12,15H,2-11H2,1H3;1H. The van der Waals surface area contributed by atoms with Crippen LogP contribution in [0.2, 0.25) is 0 Å². The smallest absolute Gasteiger partial charge is 0.242 e. The first-order chi connectivity index (χ1) is 9.18. The fourth-order valence-electron chi connectivity index (χ4n) is 2.85. The lowest BCUT2D eigenvalue weighted by atomic mass is 10.1. The second kappa shape index (κ2) is 8.47. The summed E-state index contributed by atoms with van der Waals surface area (Å²) < 4.78 is 0. The van der Waals surface area contributed by atoms with Crippen molar-refractivity contribution in [3.05, 3.63) is 0 Å². The number of hydrogen-bond acceptors (Lipinski definition) is 3. The number of nitrogens with one attached hydrogen (secondary N) is 1. The van der Waals surface area contributed by atoms with Crippen LogP contribution in [0.4, 0.5) is 0 Å². The van der Waals surface area contributed by atoms with E-state index >= 15 is 0 Å². The molecule has 2 aliphatic heterocycles. The average molecular weight is 304 g/mol. The van der Waals surface area contributed by atoms with Gasteiger partial charge in [-0.3, -0.25) is 9.59 Å². The Morgan fingerprint density at radius 3 is 2.75 bits per heavy atom. The minimum atomic E-state index is 0. The second-order valence-corrected chi connectivity index (χ2v) is 5.62. The summed E-state index contributed by atoms with van der Waals surface area (Å²) in [6.07, 6.45) is 4.90. The largest absolute Gasteiger partial charge is 0.336 e. The number of amides is 2. The van der Waals surface area contributed by atoms with Crippen molar-refractivity contribution >= 4 is 24.2 Å². The zero-order valence-electron chi connectivity index (χ0n) is 12.3. The van der Waals surface area contributed by atoms with E-state index in [4.69, 9.17) is 0 Å². The molecule has 1 N–H and O–H groups in total. The topological polar surface area (TPSA) is 52.7 Å². The molecule has 20 heavy (non-hydrogen) atoms. The quantitative estimate of drug-likeness (QED) is 0.829. The highest BCUT2D eigenvalue weighted by molar-refractivity contribution is 5.85. The molecule has 116 valence electrons. The molecule has 0 aromatic heterocycles. The van der Waals surface area contributed by atoms with Crippen LogP contribution in [-0.2, 0) is 9.59 Å². The normalized spacial score (nSPS) is 24.6. The Balaban J connectivity index is 0.00000200. The van der Waals surface area contributed by atoms with Crippen molar-refractivity contribution in [2.75, 3.05) is 32.7 Å². The molecule has 2 heterocycles. The minimum Gasteiger partial charge on any atom is -0.336 e. The highest BCUT2D eigenvalue weighted by Gasteiger charge is 2.26. The first-order valence-corrected chi connectivity index (χ1v) is 7.46. The van der Waals surface area contributed by atoms with Gasteiger partial charge in [0.05, 0.1) is 6.54 Å². The molecule has 2 rings (SSSR count). The van der Waals surface area contributed by atoms with E-state index in [1.807, 2.05) is 4.90 Å². The molecule has 0 spiro atoms. The Bertz CT molecular complexity index is 338. The van der Waals surface area contributed by atoms with E-state index in [-0.39, 0.29) is 36.8 Å². The van der Waals surface area contributed by atoms with E-state index in [0.717, 1.165) is 45.4 Å². The van der Waals surface area contributed by atoms with Crippen LogP contribution < -0.4 is 5.32 Å². The molecular formula is C14H26ClN3O2. The van der Waals surface area contributed by atoms with Gasteiger partial charge in [-0.05, 0) is 19.8 Å². The monoisotopic (exact) mass is 303 g/mol. The van der Waals surface area contributed by atoms with Crippen molar-refractivity contribution in [3.63, 3.8) is 0 Å². The molecule has 0 aromatic rings. The summed E-state index contributed by atoms with van der Waals surface area (Å²) in [7, 11) is 0. The first kappa shape index (κ1) is 17.2. The van der Waals surface area contributed by atoms with Gasteiger partial charge in [0.25, 0.3) is 0 Å². The molecule has 0 aliphatic carbocycles. The first-order valence-electron chi connectivity index (χ1n) is 7.46. The fraction of sp³-hybridized carbons (Fsp3) is 0.857. The van der Waals surface area contributed by atoms with Crippen LogP contribution in [0.3, 0.4) is 0 Å². The number of hydrogen-bond donors (Lipinski definition) is 1. The van der Waals surface area contributed by atoms with E-state index in [9.17, 15) is 9.59 Å². The lowest BCUT2D eigenvalue weighted by Crippen LogP contribution is -2.55. The van der Waals surface area contributed by atoms with Crippen LogP contribution in [0.15, 0.2) is 0 Å². The van der Waals surface area contributed by atoms with Crippen LogP contribution in [0.5, 0.6) is 0 Å². The average Bonchev–Trinajstić information content (AvgIpc) is 2.39. The number of carbonyl (C=O) groups is 2. The summed E-state index contributed by atoms with van der Waals surface area (Å²) in [5.41, 5.74) is 0. The number of rotatable bonds is 2. The van der Waals surface area contributed by atoms with Gasteiger partial charge in [-0.15, -0.1) is 12.4 Å². The molecule has 2 saturated heterocycles. The Morgan fingerprint density at radius 1 is 1.25 bits per heavy atom. The summed E-state index contributed by atoms with van der Waals surface area (Å²) >= 11 is 0. The van der Waals surface area contributed by atoms with Gasteiger partial charge in [0.1, 0.15) is 0 Å². The summed E-state index contributed by atoms with van der Waals surface area (Å²) in [5, 5.41) is 3.28. The lowest BCUT2D eigenvalue weighted by molar-refractivity contribution is -0.142. The summed E-state index contributed by atoms with van der Waals surface area (Å²) in [6.45, 7) is 5.51. The molecular weight excluding hydrogens is 278 g/mol. The summed E-state index contributed by atoms with van der Waals surface area (Å²) in [5.74, 6) is 0.249. The third-order valence-corrected chi connectivity index (χ3v) is 4.07. The second-order valence-electron chi connectivity index (χ2n) is 5.62.